The Kier molecular flexibility index (Phi) is 2.94. The van der Waals surface area contributed by atoms with Crippen molar-refractivity contribution in [3.05, 3.63) is 11.6 Å². The first-order valence-electron chi connectivity index (χ1n) is 6.36. The third-order valence-electron chi connectivity index (χ3n) is 4.90. The predicted molar refractivity (Wildman–Crippen MR) is 63.6 cm³/mol. The van der Waals surface area contributed by atoms with Crippen molar-refractivity contribution in [2.24, 2.45) is 23.2 Å². The van der Waals surface area contributed by atoms with Crippen LogP contribution in [0.5, 0.6) is 0 Å². The van der Waals surface area contributed by atoms with Gasteiger partial charge in [-0.15, -0.1) is 0 Å². The van der Waals surface area contributed by atoms with E-state index in [1.165, 1.54) is 25.7 Å². The van der Waals surface area contributed by atoms with Gasteiger partial charge < -0.3 is 5.11 Å². The van der Waals surface area contributed by atoms with Crippen LogP contribution in [0.4, 0.5) is 0 Å². The number of hydrogen-bond donors (Lipinski definition) is 1. The molecule has 0 saturated heterocycles. The standard InChI is InChI=1S/C14H24O/c1-10(2)14-7-6-12(13(14)8-14)5-4-11(3)9-15/h4,10,12-13,15H,5-9H2,1-3H3. The lowest BCUT2D eigenvalue weighted by molar-refractivity contribution is 0.330. The largest absolute Gasteiger partial charge is 0.392 e. The van der Waals surface area contributed by atoms with Gasteiger partial charge in [-0.1, -0.05) is 25.5 Å². The molecule has 2 aliphatic rings. The molecule has 1 N–H and O–H groups in total. The van der Waals surface area contributed by atoms with Crippen molar-refractivity contribution in [1.29, 1.82) is 0 Å². The second-order valence-corrected chi connectivity index (χ2v) is 5.94. The van der Waals surface area contributed by atoms with Gasteiger partial charge in [0.05, 0.1) is 6.61 Å². The number of rotatable bonds is 4. The predicted octanol–water partition coefficient (Wildman–Crippen LogP) is 3.39. The van der Waals surface area contributed by atoms with Crippen molar-refractivity contribution in [2.75, 3.05) is 6.61 Å². The second-order valence-electron chi connectivity index (χ2n) is 5.94. The molecular weight excluding hydrogens is 184 g/mol. The van der Waals surface area contributed by atoms with Crippen LogP contribution in [0.25, 0.3) is 0 Å². The zero-order chi connectivity index (χ0) is 11.1. The van der Waals surface area contributed by atoms with Gasteiger partial charge in [0.25, 0.3) is 0 Å². The summed E-state index contributed by atoms with van der Waals surface area (Å²) in [5.74, 6) is 2.78. The van der Waals surface area contributed by atoms with Crippen LogP contribution in [-0.4, -0.2) is 11.7 Å². The molecule has 0 bridgehead atoms. The molecule has 2 fully saturated rings. The van der Waals surface area contributed by atoms with E-state index in [-0.39, 0.29) is 6.61 Å². The third kappa shape index (κ3) is 1.87. The SMILES string of the molecule is CC(=CCC1CCC2(C(C)C)CC12)CO. The van der Waals surface area contributed by atoms with E-state index in [0.29, 0.717) is 0 Å². The van der Waals surface area contributed by atoms with Gasteiger partial charge in [0, 0.05) is 0 Å². The quantitative estimate of drug-likeness (QED) is 0.702. The molecule has 0 spiro atoms. The van der Waals surface area contributed by atoms with E-state index in [1.807, 2.05) is 6.92 Å². The van der Waals surface area contributed by atoms with Crippen molar-refractivity contribution >= 4 is 0 Å². The van der Waals surface area contributed by atoms with Crippen LogP contribution in [0, 0.1) is 23.2 Å². The van der Waals surface area contributed by atoms with Gasteiger partial charge in [-0.05, 0) is 55.8 Å². The maximum Gasteiger partial charge on any atom is 0.0639 e. The van der Waals surface area contributed by atoms with E-state index in [0.717, 1.165) is 28.7 Å². The lowest BCUT2D eigenvalue weighted by atomic mass is 9.90. The lowest BCUT2D eigenvalue weighted by Gasteiger charge is -2.15. The summed E-state index contributed by atoms with van der Waals surface area (Å²) in [6.07, 6.45) is 7.79. The van der Waals surface area contributed by atoms with E-state index in [2.05, 4.69) is 19.9 Å². The van der Waals surface area contributed by atoms with Crippen molar-refractivity contribution < 1.29 is 5.11 Å². The fourth-order valence-electron chi connectivity index (χ4n) is 3.58. The van der Waals surface area contributed by atoms with Gasteiger partial charge >= 0.3 is 0 Å². The van der Waals surface area contributed by atoms with E-state index in [1.54, 1.807) is 0 Å². The van der Waals surface area contributed by atoms with Crippen LogP contribution < -0.4 is 0 Å². The molecule has 0 aliphatic heterocycles. The molecule has 86 valence electrons. The van der Waals surface area contributed by atoms with Crippen LogP contribution >= 0.6 is 0 Å². The minimum Gasteiger partial charge on any atom is -0.392 e. The minimum absolute atomic E-state index is 0.229. The van der Waals surface area contributed by atoms with Crippen molar-refractivity contribution in [3.63, 3.8) is 0 Å². The number of fused-ring (bicyclic) bond motifs is 1. The molecule has 0 amide bonds. The molecule has 2 saturated carbocycles. The molecule has 2 aliphatic carbocycles. The Labute approximate surface area is 93.6 Å². The van der Waals surface area contributed by atoms with Crippen molar-refractivity contribution in [3.8, 4) is 0 Å². The Bertz CT molecular complexity index is 267. The zero-order valence-corrected chi connectivity index (χ0v) is 10.3. The van der Waals surface area contributed by atoms with Gasteiger partial charge in [0.1, 0.15) is 0 Å². The van der Waals surface area contributed by atoms with Crippen LogP contribution in [0.3, 0.4) is 0 Å². The smallest absolute Gasteiger partial charge is 0.0639 e. The number of hydrogen-bond acceptors (Lipinski definition) is 1. The summed E-state index contributed by atoms with van der Waals surface area (Å²) in [5.41, 5.74) is 1.86. The maximum atomic E-state index is 8.96. The first kappa shape index (κ1) is 11.2. The third-order valence-corrected chi connectivity index (χ3v) is 4.90. The average molecular weight is 208 g/mol. The molecule has 15 heavy (non-hydrogen) atoms. The highest BCUT2D eigenvalue weighted by Crippen LogP contribution is 2.70. The van der Waals surface area contributed by atoms with E-state index < -0.39 is 0 Å². The van der Waals surface area contributed by atoms with Crippen LogP contribution in [0.15, 0.2) is 11.6 Å². The van der Waals surface area contributed by atoms with Gasteiger partial charge in [-0.25, -0.2) is 0 Å². The zero-order valence-electron chi connectivity index (χ0n) is 10.3. The summed E-state index contributed by atoms with van der Waals surface area (Å²) in [5, 5.41) is 8.96. The summed E-state index contributed by atoms with van der Waals surface area (Å²) in [6.45, 7) is 7.03. The van der Waals surface area contributed by atoms with Gasteiger partial charge in [-0.3, -0.25) is 0 Å². The summed E-state index contributed by atoms with van der Waals surface area (Å²) in [4.78, 5) is 0. The fraction of sp³-hybridized carbons (Fsp3) is 0.857. The molecule has 0 aromatic carbocycles. The van der Waals surface area contributed by atoms with Crippen molar-refractivity contribution in [1.82, 2.24) is 0 Å². The van der Waals surface area contributed by atoms with Crippen molar-refractivity contribution in [2.45, 2.75) is 46.5 Å². The van der Waals surface area contributed by atoms with Gasteiger partial charge in [0.15, 0.2) is 0 Å². The molecular formula is C14H24O. The fourth-order valence-corrected chi connectivity index (χ4v) is 3.58. The topological polar surface area (TPSA) is 20.2 Å². The van der Waals surface area contributed by atoms with Crippen LogP contribution in [0.2, 0.25) is 0 Å². The van der Waals surface area contributed by atoms with Gasteiger partial charge in [0.2, 0.25) is 0 Å². The highest BCUT2D eigenvalue weighted by atomic mass is 16.3. The molecule has 3 atom stereocenters. The highest BCUT2D eigenvalue weighted by molar-refractivity contribution is 5.13. The highest BCUT2D eigenvalue weighted by Gasteiger charge is 2.61. The Morgan fingerprint density at radius 3 is 2.73 bits per heavy atom. The first-order valence-corrected chi connectivity index (χ1v) is 6.36. The summed E-state index contributed by atoms with van der Waals surface area (Å²) < 4.78 is 0. The first-order chi connectivity index (χ1) is 7.10. The monoisotopic (exact) mass is 208 g/mol. The number of aliphatic hydroxyl groups is 1. The minimum atomic E-state index is 0.229. The van der Waals surface area contributed by atoms with E-state index in [9.17, 15) is 0 Å². The second kappa shape index (κ2) is 3.93. The molecule has 3 unspecified atom stereocenters. The maximum absolute atomic E-state index is 8.96. The molecule has 2 rings (SSSR count). The molecule has 1 nitrogen and oxygen atoms in total. The Morgan fingerprint density at radius 2 is 2.27 bits per heavy atom. The normalized spacial score (nSPS) is 39.7. The van der Waals surface area contributed by atoms with Crippen LogP contribution in [0.1, 0.15) is 46.5 Å². The molecule has 0 aromatic rings. The lowest BCUT2D eigenvalue weighted by Crippen LogP contribution is -2.08. The van der Waals surface area contributed by atoms with Gasteiger partial charge in [-0.2, -0.15) is 0 Å². The number of aliphatic hydroxyl groups excluding tert-OH is 1. The summed E-state index contributed by atoms with van der Waals surface area (Å²) in [7, 11) is 0. The molecule has 0 heterocycles. The van der Waals surface area contributed by atoms with E-state index >= 15 is 0 Å². The Balaban J connectivity index is 1.89. The van der Waals surface area contributed by atoms with E-state index in [4.69, 9.17) is 5.11 Å². The Hall–Kier alpha value is -0.300. The molecule has 1 heteroatoms. The Morgan fingerprint density at radius 1 is 1.53 bits per heavy atom. The van der Waals surface area contributed by atoms with Crippen LogP contribution in [-0.2, 0) is 0 Å². The number of allylic oxidation sites excluding steroid dienone is 1. The molecule has 0 aromatic heterocycles. The summed E-state index contributed by atoms with van der Waals surface area (Å²) in [6, 6.07) is 0. The summed E-state index contributed by atoms with van der Waals surface area (Å²) >= 11 is 0. The molecule has 0 radical (unpaired) electrons. The average Bonchev–Trinajstić information content (AvgIpc) is 2.86.